The summed E-state index contributed by atoms with van der Waals surface area (Å²) in [5, 5.41) is 6.15. The van der Waals surface area contributed by atoms with Crippen molar-refractivity contribution in [2.24, 2.45) is 0 Å². The molecular weight excluding hydrogens is 176 g/mol. The SMILES string of the molecule is CC(C)(C)NCC(=O)NC1CC=CC1. The third-order valence-corrected chi connectivity index (χ3v) is 2.15. The monoisotopic (exact) mass is 196 g/mol. The van der Waals surface area contributed by atoms with Crippen molar-refractivity contribution in [3.05, 3.63) is 12.2 Å². The van der Waals surface area contributed by atoms with Crippen molar-refractivity contribution >= 4 is 5.91 Å². The second kappa shape index (κ2) is 4.60. The summed E-state index contributed by atoms with van der Waals surface area (Å²) >= 11 is 0. The zero-order valence-corrected chi connectivity index (χ0v) is 9.26. The van der Waals surface area contributed by atoms with E-state index in [4.69, 9.17) is 0 Å². The van der Waals surface area contributed by atoms with Crippen LogP contribution in [0, 0.1) is 0 Å². The Hall–Kier alpha value is -0.830. The maximum atomic E-state index is 11.4. The Balaban J connectivity index is 2.16. The first kappa shape index (κ1) is 11.2. The molecule has 0 heterocycles. The summed E-state index contributed by atoms with van der Waals surface area (Å²) in [6, 6.07) is 0.323. The lowest BCUT2D eigenvalue weighted by molar-refractivity contribution is -0.121. The van der Waals surface area contributed by atoms with Crippen molar-refractivity contribution in [2.45, 2.75) is 45.2 Å². The van der Waals surface area contributed by atoms with E-state index in [1.54, 1.807) is 0 Å². The maximum absolute atomic E-state index is 11.4. The number of carbonyl (C=O) groups excluding carboxylic acids is 1. The molecule has 3 heteroatoms. The van der Waals surface area contributed by atoms with E-state index >= 15 is 0 Å². The minimum absolute atomic E-state index is 0.00522. The summed E-state index contributed by atoms with van der Waals surface area (Å²) in [5.41, 5.74) is 0.00522. The van der Waals surface area contributed by atoms with Gasteiger partial charge in [0.15, 0.2) is 0 Å². The van der Waals surface area contributed by atoms with E-state index in [0.717, 1.165) is 12.8 Å². The summed E-state index contributed by atoms with van der Waals surface area (Å²) in [6.45, 7) is 6.56. The highest BCUT2D eigenvalue weighted by atomic mass is 16.2. The van der Waals surface area contributed by atoms with Crippen LogP contribution in [0.5, 0.6) is 0 Å². The molecule has 0 saturated heterocycles. The Morgan fingerprint density at radius 2 is 1.93 bits per heavy atom. The Bertz CT molecular complexity index is 220. The van der Waals surface area contributed by atoms with Crippen LogP contribution in [0.25, 0.3) is 0 Å². The van der Waals surface area contributed by atoms with Gasteiger partial charge in [0.1, 0.15) is 0 Å². The Morgan fingerprint density at radius 1 is 1.36 bits per heavy atom. The molecule has 0 aromatic heterocycles. The molecule has 1 aliphatic carbocycles. The smallest absolute Gasteiger partial charge is 0.234 e. The molecule has 3 nitrogen and oxygen atoms in total. The molecule has 0 aromatic rings. The lowest BCUT2D eigenvalue weighted by Gasteiger charge is -2.21. The van der Waals surface area contributed by atoms with Gasteiger partial charge in [-0.05, 0) is 33.6 Å². The highest BCUT2D eigenvalue weighted by Crippen LogP contribution is 2.08. The first-order valence-corrected chi connectivity index (χ1v) is 5.17. The molecule has 0 spiro atoms. The van der Waals surface area contributed by atoms with Gasteiger partial charge in [-0.25, -0.2) is 0 Å². The highest BCUT2D eigenvalue weighted by Gasteiger charge is 2.15. The first-order chi connectivity index (χ1) is 6.47. The first-order valence-electron chi connectivity index (χ1n) is 5.17. The van der Waals surface area contributed by atoms with Crippen LogP contribution in [0.4, 0.5) is 0 Å². The average molecular weight is 196 g/mol. The molecule has 14 heavy (non-hydrogen) atoms. The van der Waals surface area contributed by atoms with Gasteiger partial charge in [0, 0.05) is 11.6 Å². The molecular formula is C11H20N2O. The van der Waals surface area contributed by atoms with Crippen molar-refractivity contribution in [2.75, 3.05) is 6.54 Å². The predicted octanol–water partition coefficient (Wildman–Crippen LogP) is 1.21. The average Bonchev–Trinajstić information content (AvgIpc) is 2.52. The molecule has 1 amide bonds. The molecule has 0 unspecified atom stereocenters. The van der Waals surface area contributed by atoms with E-state index in [1.807, 2.05) is 0 Å². The van der Waals surface area contributed by atoms with Gasteiger partial charge in [-0.2, -0.15) is 0 Å². The van der Waals surface area contributed by atoms with Gasteiger partial charge in [-0.1, -0.05) is 12.2 Å². The summed E-state index contributed by atoms with van der Waals surface area (Å²) < 4.78 is 0. The topological polar surface area (TPSA) is 41.1 Å². The van der Waals surface area contributed by atoms with E-state index in [2.05, 4.69) is 43.6 Å². The van der Waals surface area contributed by atoms with Gasteiger partial charge >= 0.3 is 0 Å². The number of carbonyl (C=O) groups is 1. The molecule has 0 saturated carbocycles. The third-order valence-electron chi connectivity index (χ3n) is 2.15. The second-order valence-corrected chi connectivity index (χ2v) is 4.81. The van der Waals surface area contributed by atoms with E-state index in [0.29, 0.717) is 12.6 Å². The summed E-state index contributed by atoms with van der Waals surface area (Å²) in [7, 11) is 0. The molecule has 0 bridgehead atoms. The van der Waals surface area contributed by atoms with Crippen molar-refractivity contribution < 1.29 is 4.79 Å². The Labute approximate surface area is 86.0 Å². The Kier molecular flexibility index (Phi) is 3.69. The number of hydrogen-bond acceptors (Lipinski definition) is 2. The van der Waals surface area contributed by atoms with Crippen LogP contribution in [0.2, 0.25) is 0 Å². The minimum atomic E-state index is 0.00522. The van der Waals surface area contributed by atoms with E-state index in [1.165, 1.54) is 0 Å². The molecule has 2 N–H and O–H groups in total. The van der Waals surface area contributed by atoms with Crippen LogP contribution in [0.15, 0.2) is 12.2 Å². The molecule has 0 aromatic carbocycles. The molecule has 80 valence electrons. The van der Waals surface area contributed by atoms with Gasteiger partial charge in [-0.15, -0.1) is 0 Å². The lowest BCUT2D eigenvalue weighted by atomic mass is 10.1. The molecule has 0 fully saturated rings. The number of amides is 1. The van der Waals surface area contributed by atoms with Gasteiger partial charge in [0.05, 0.1) is 6.54 Å². The molecule has 0 atom stereocenters. The van der Waals surface area contributed by atoms with Gasteiger partial charge in [-0.3, -0.25) is 4.79 Å². The minimum Gasteiger partial charge on any atom is -0.352 e. The fraction of sp³-hybridized carbons (Fsp3) is 0.727. The van der Waals surface area contributed by atoms with E-state index in [9.17, 15) is 4.79 Å². The van der Waals surface area contributed by atoms with Gasteiger partial charge in [0.25, 0.3) is 0 Å². The summed E-state index contributed by atoms with van der Waals surface area (Å²) in [5.74, 6) is 0.0913. The van der Waals surface area contributed by atoms with Crippen LogP contribution in [0.3, 0.4) is 0 Å². The third kappa shape index (κ3) is 4.42. The maximum Gasteiger partial charge on any atom is 0.234 e. The second-order valence-electron chi connectivity index (χ2n) is 4.81. The van der Waals surface area contributed by atoms with Gasteiger partial charge in [0.2, 0.25) is 5.91 Å². The number of hydrogen-bond donors (Lipinski definition) is 2. The van der Waals surface area contributed by atoms with Crippen LogP contribution in [-0.4, -0.2) is 24.0 Å². The van der Waals surface area contributed by atoms with Crippen LogP contribution in [-0.2, 0) is 4.79 Å². The van der Waals surface area contributed by atoms with Crippen LogP contribution in [0.1, 0.15) is 33.6 Å². The van der Waals surface area contributed by atoms with Crippen LogP contribution >= 0.6 is 0 Å². The molecule has 1 rings (SSSR count). The summed E-state index contributed by atoms with van der Waals surface area (Å²) in [4.78, 5) is 11.4. The van der Waals surface area contributed by atoms with Crippen molar-refractivity contribution in [1.82, 2.24) is 10.6 Å². The predicted molar refractivity (Wildman–Crippen MR) is 58.1 cm³/mol. The largest absolute Gasteiger partial charge is 0.352 e. The quantitative estimate of drug-likeness (QED) is 0.666. The molecule has 0 aliphatic heterocycles. The van der Waals surface area contributed by atoms with Gasteiger partial charge < -0.3 is 10.6 Å². The summed E-state index contributed by atoms with van der Waals surface area (Å²) in [6.07, 6.45) is 6.17. The highest BCUT2D eigenvalue weighted by molar-refractivity contribution is 5.78. The lowest BCUT2D eigenvalue weighted by Crippen LogP contribution is -2.45. The zero-order valence-electron chi connectivity index (χ0n) is 9.26. The van der Waals surface area contributed by atoms with Crippen molar-refractivity contribution in [3.63, 3.8) is 0 Å². The Morgan fingerprint density at radius 3 is 2.43 bits per heavy atom. The van der Waals surface area contributed by atoms with Crippen LogP contribution < -0.4 is 10.6 Å². The molecule has 0 radical (unpaired) electrons. The molecule has 1 aliphatic rings. The number of rotatable bonds is 3. The zero-order chi connectivity index (χ0) is 10.6. The van der Waals surface area contributed by atoms with E-state index < -0.39 is 0 Å². The fourth-order valence-electron chi connectivity index (χ4n) is 1.36. The normalized spacial score (nSPS) is 17.4. The number of nitrogens with one attached hydrogen (secondary N) is 2. The van der Waals surface area contributed by atoms with Crippen molar-refractivity contribution in [1.29, 1.82) is 0 Å². The standard InChI is InChI=1S/C11H20N2O/c1-11(2,3)12-8-10(14)13-9-6-4-5-7-9/h4-5,9,12H,6-8H2,1-3H3,(H,13,14). The fourth-order valence-corrected chi connectivity index (χ4v) is 1.36. The van der Waals surface area contributed by atoms with E-state index in [-0.39, 0.29) is 11.4 Å². The van der Waals surface area contributed by atoms with Crippen molar-refractivity contribution in [3.8, 4) is 0 Å².